The number of carbonyl (C=O) groups is 1. The van der Waals surface area contributed by atoms with Crippen LogP contribution in [0.2, 0.25) is 0 Å². The summed E-state index contributed by atoms with van der Waals surface area (Å²) in [5.74, 6) is 0.386. The van der Waals surface area contributed by atoms with Gasteiger partial charge in [-0.15, -0.1) is 0 Å². The van der Waals surface area contributed by atoms with E-state index in [9.17, 15) is 4.79 Å². The molecule has 1 aromatic rings. The van der Waals surface area contributed by atoms with Crippen LogP contribution in [0.5, 0.6) is 5.75 Å². The van der Waals surface area contributed by atoms with E-state index in [1.165, 1.54) is 6.92 Å². The first-order valence-electron chi connectivity index (χ1n) is 5.86. The van der Waals surface area contributed by atoms with Crippen LogP contribution in [0.1, 0.15) is 19.8 Å². The summed E-state index contributed by atoms with van der Waals surface area (Å²) in [6.07, 6.45) is 0.780. The largest absolute Gasteiger partial charge is 0.461 e. The molecule has 1 fully saturated rings. The Morgan fingerprint density at radius 3 is 2.78 bits per heavy atom. The molecule has 0 N–H and O–H groups in total. The van der Waals surface area contributed by atoms with Gasteiger partial charge in [-0.25, -0.2) is 0 Å². The van der Waals surface area contributed by atoms with Crippen molar-refractivity contribution in [3.8, 4) is 5.75 Å². The summed E-state index contributed by atoms with van der Waals surface area (Å²) in [5, 5.41) is 0. The molecule has 1 aliphatic heterocycles. The van der Waals surface area contributed by atoms with Crippen LogP contribution in [0.25, 0.3) is 0 Å². The molecule has 1 aliphatic rings. The third-order valence-electron chi connectivity index (χ3n) is 2.60. The van der Waals surface area contributed by atoms with Gasteiger partial charge in [0, 0.05) is 11.4 Å². The minimum Gasteiger partial charge on any atom is -0.461 e. The molecule has 1 heterocycles. The fourth-order valence-electron chi connectivity index (χ4n) is 1.81. The number of halogens is 1. The highest BCUT2D eigenvalue weighted by Gasteiger charge is 2.30. The van der Waals surface area contributed by atoms with Crippen LogP contribution in [0.3, 0.4) is 0 Å². The van der Waals surface area contributed by atoms with E-state index in [4.69, 9.17) is 14.2 Å². The SMILES string of the molecule is CC(=O)OC1CCCOC1Oc1ccc(Br)cc1. The lowest BCUT2D eigenvalue weighted by molar-refractivity contribution is -0.195. The van der Waals surface area contributed by atoms with Gasteiger partial charge in [0.25, 0.3) is 0 Å². The molecule has 1 saturated heterocycles. The van der Waals surface area contributed by atoms with Crippen LogP contribution < -0.4 is 4.74 Å². The van der Waals surface area contributed by atoms with Gasteiger partial charge >= 0.3 is 5.97 Å². The lowest BCUT2D eigenvalue weighted by atomic mass is 10.1. The molecule has 0 amide bonds. The van der Waals surface area contributed by atoms with E-state index < -0.39 is 6.29 Å². The lowest BCUT2D eigenvalue weighted by Crippen LogP contribution is -2.41. The second-order valence-electron chi connectivity index (χ2n) is 4.10. The summed E-state index contributed by atoms with van der Waals surface area (Å²) in [4.78, 5) is 11.0. The van der Waals surface area contributed by atoms with Crippen molar-refractivity contribution >= 4 is 21.9 Å². The van der Waals surface area contributed by atoms with Crippen molar-refractivity contribution in [1.29, 1.82) is 0 Å². The number of rotatable bonds is 3. The quantitative estimate of drug-likeness (QED) is 0.805. The van der Waals surface area contributed by atoms with Crippen molar-refractivity contribution in [3.05, 3.63) is 28.7 Å². The third kappa shape index (κ3) is 3.71. The second-order valence-corrected chi connectivity index (χ2v) is 5.02. The summed E-state index contributed by atoms with van der Waals surface area (Å²) >= 11 is 3.36. The van der Waals surface area contributed by atoms with E-state index in [0.717, 1.165) is 17.3 Å². The molecule has 5 heteroatoms. The van der Waals surface area contributed by atoms with Crippen molar-refractivity contribution in [1.82, 2.24) is 0 Å². The fourth-order valence-corrected chi connectivity index (χ4v) is 2.08. The second kappa shape index (κ2) is 6.20. The fraction of sp³-hybridized carbons (Fsp3) is 0.462. The number of benzene rings is 1. The van der Waals surface area contributed by atoms with Gasteiger partial charge in [0.15, 0.2) is 6.10 Å². The Morgan fingerprint density at radius 2 is 2.11 bits per heavy atom. The van der Waals surface area contributed by atoms with Crippen LogP contribution in [0.15, 0.2) is 28.7 Å². The van der Waals surface area contributed by atoms with Gasteiger partial charge in [0.05, 0.1) is 6.61 Å². The third-order valence-corrected chi connectivity index (χ3v) is 3.13. The maximum atomic E-state index is 11.0. The van der Waals surface area contributed by atoms with Crippen molar-refractivity contribution in [2.24, 2.45) is 0 Å². The molecule has 98 valence electrons. The summed E-state index contributed by atoms with van der Waals surface area (Å²) < 4.78 is 17.4. The number of hydrogen-bond acceptors (Lipinski definition) is 4. The van der Waals surface area contributed by atoms with Crippen LogP contribution >= 0.6 is 15.9 Å². The monoisotopic (exact) mass is 314 g/mol. The molecule has 1 aromatic carbocycles. The molecule has 2 rings (SSSR count). The molecular formula is C13H15BrO4. The molecule has 2 unspecified atom stereocenters. The van der Waals surface area contributed by atoms with Gasteiger partial charge in [0.2, 0.25) is 6.29 Å². The first kappa shape index (κ1) is 13.4. The molecule has 0 aliphatic carbocycles. The van der Waals surface area contributed by atoms with Crippen molar-refractivity contribution < 1.29 is 19.0 Å². The maximum Gasteiger partial charge on any atom is 0.303 e. The summed E-state index contributed by atoms with van der Waals surface area (Å²) in [7, 11) is 0. The Bertz CT molecular complexity index is 404. The van der Waals surface area contributed by atoms with E-state index in [0.29, 0.717) is 12.4 Å². The van der Waals surface area contributed by atoms with E-state index >= 15 is 0 Å². The zero-order chi connectivity index (χ0) is 13.0. The van der Waals surface area contributed by atoms with E-state index in [2.05, 4.69) is 15.9 Å². The summed E-state index contributed by atoms with van der Waals surface area (Å²) in [5.41, 5.74) is 0. The van der Waals surface area contributed by atoms with E-state index in [-0.39, 0.29) is 12.1 Å². The topological polar surface area (TPSA) is 44.8 Å². The molecule has 18 heavy (non-hydrogen) atoms. The van der Waals surface area contributed by atoms with Crippen molar-refractivity contribution in [2.75, 3.05) is 6.61 Å². The number of esters is 1. The van der Waals surface area contributed by atoms with E-state index in [1.54, 1.807) is 0 Å². The first-order chi connectivity index (χ1) is 8.65. The molecule has 0 spiro atoms. The Hall–Kier alpha value is -1.07. The number of hydrogen-bond donors (Lipinski definition) is 0. The molecule has 0 aromatic heterocycles. The molecular weight excluding hydrogens is 300 g/mol. The first-order valence-corrected chi connectivity index (χ1v) is 6.65. The Morgan fingerprint density at radius 1 is 1.39 bits per heavy atom. The zero-order valence-electron chi connectivity index (χ0n) is 10.1. The number of ether oxygens (including phenoxy) is 3. The minimum absolute atomic E-state index is 0.310. The predicted octanol–water partition coefficient (Wildman–Crippen LogP) is 2.90. The van der Waals surface area contributed by atoms with Crippen LogP contribution in [0, 0.1) is 0 Å². The summed E-state index contributed by atoms with van der Waals surface area (Å²) in [6.45, 7) is 2.02. The van der Waals surface area contributed by atoms with Crippen molar-refractivity contribution in [3.63, 3.8) is 0 Å². The normalized spacial score (nSPS) is 23.4. The average Bonchev–Trinajstić information content (AvgIpc) is 2.34. The average molecular weight is 315 g/mol. The van der Waals surface area contributed by atoms with Crippen LogP contribution in [-0.4, -0.2) is 25.0 Å². The lowest BCUT2D eigenvalue weighted by Gasteiger charge is -2.31. The van der Waals surface area contributed by atoms with Gasteiger partial charge in [-0.1, -0.05) is 15.9 Å². The highest BCUT2D eigenvalue weighted by Crippen LogP contribution is 2.23. The van der Waals surface area contributed by atoms with Gasteiger partial charge in [-0.05, 0) is 37.1 Å². The minimum atomic E-state index is -0.524. The Balaban J connectivity index is 2.00. The van der Waals surface area contributed by atoms with Crippen molar-refractivity contribution in [2.45, 2.75) is 32.2 Å². The molecule has 0 radical (unpaired) electrons. The van der Waals surface area contributed by atoms with Crippen LogP contribution in [-0.2, 0) is 14.3 Å². The molecule has 2 atom stereocenters. The smallest absolute Gasteiger partial charge is 0.303 e. The zero-order valence-corrected chi connectivity index (χ0v) is 11.7. The van der Waals surface area contributed by atoms with E-state index in [1.807, 2.05) is 24.3 Å². The standard InChI is InChI=1S/C13H15BrO4/c1-9(15)17-12-3-2-8-16-13(12)18-11-6-4-10(14)5-7-11/h4-7,12-13H,2-3,8H2,1H3. The predicted molar refractivity (Wildman–Crippen MR) is 69.3 cm³/mol. The maximum absolute atomic E-state index is 11.0. The summed E-state index contributed by atoms with van der Waals surface area (Å²) in [6, 6.07) is 7.46. The van der Waals surface area contributed by atoms with Gasteiger partial charge in [-0.2, -0.15) is 0 Å². The molecule has 0 saturated carbocycles. The Labute approximate surface area is 114 Å². The van der Waals surface area contributed by atoms with Gasteiger partial charge in [-0.3, -0.25) is 4.79 Å². The Kier molecular flexibility index (Phi) is 4.60. The van der Waals surface area contributed by atoms with Gasteiger partial charge in [0.1, 0.15) is 5.75 Å². The highest BCUT2D eigenvalue weighted by atomic mass is 79.9. The molecule has 4 nitrogen and oxygen atoms in total. The van der Waals surface area contributed by atoms with Gasteiger partial charge < -0.3 is 14.2 Å². The number of carbonyl (C=O) groups excluding carboxylic acids is 1. The van der Waals surface area contributed by atoms with Crippen LogP contribution in [0.4, 0.5) is 0 Å². The highest BCUT2D eigenvalue weighted by molar-refractivity contribution is 9.10. The molecule has 0 bridgehead atoms.